The normalized spacial score (nSPS) is 19.6. The van der Waals surface area contributed by atoms with Gasteiger partial charge < -0.3 is 15.5 Å². The fourth-order valence-electron chi connectivity index (χ4n) is 2.05. The molecule has 0 amide bonds. The van der Waals surface area contributed by atoms with Gasteiger partial charge in [-0.05, 0) is 25.3 Å². The molecule has 6 heteroatoms. The number of ether oxygens (including phenoxy) is 1. The van der Waals surface area contributed by atoms with Crippen molar-refractivity contribution in [2.45, 2.75) is 25.5 Å². The molecule has 1 heterocycles. The highest BCUT2D eigenvalue weighted by atomic mass is 79.9. The molecule has 0 spiro atoms. The molecule has 0 aromatic heterocycles. The molecule has 98 valence electrons. The average molecular weight is 315 g/mol. The van der Waals surface area contributed by atoms with Crippen LogP contribution in [0.15, 0.2) is 16.6 Å². The Labute approximate surface area is 114 Å². The SMILES string of the molecule is N=Cc1c(NC2CCCCO2)cc(Br)cc1[NH2+]O. The number of rotatable bonds is 4. The minimum Gasteiger partial charge on any atom is -0.359 e. The fraction of sp³-hybridized carbons (Fsp3) is 0.417. The predicted molar refractivity (Wildman–Crippen MR) is 72.6 cm³/mol. The van der Waals surface area contributed by atoms with Gasteiger partial charge in [0.15, 0.2) is 5.69 Å². The van der Waals surface area contributed by atoms with Crippen molar-refractivity contribution < 1.29 is 15.4 Å². The number of benzene rings is 1. The maximum absolute atomic E-state index is 9.20. The first-order valence-corrected chi connectivity index (χ1v) is 6.73. The van der Waals surface area contributed by atoms with Gasteiger partial charge in [0, 0.05) is 23.4 Å². The quantitative estimate of drug-likeness (QED) is 0.389. The Morgan fingerprint density at radius 1 is 1.50 bits per heavy atom. The lowest BCUT2D eigenvalue weighted by atomic mass is 10.1. The van der Waals surface area contributed by atoms with Crippen LogP contribution < -0.4 is 10.8 Å². The molecule has 18 heavy (non-hydrogen) atoms. The molecule has 1 aromatic carbocycles. The Hall–Kier alpha value is -0.950. The number of quaternary nitrogens is 1. The minimum absolute atomic E-state index is 0.0155. The fourth-order valence-corrected chi connectivity index (χ4v) is 2.53. The van der Waals surface area contributed by atoms with Crippen molar-refractivity contribution in [1.82, 2.24) is 0 Å². The van der Waals surface area contributed by atoms with Gasteiger partial charge in [-0.25, -0.2) is 5.21 Å². The van der Waals surface area contributed by atoms with Crippen molar-refractivity contribution >= 4 is 33.5 Å². The zero-order valence-electron chi connectivity index (χ0n) is 9.95. The van der Waals surface area contributed by atoms with E-state index in [2.05, 4.69) is 21.2 Å². The smallest absolute Gasteiger partial charge is 0.173 e. The Balaban J connectivity index is 2.24. The second-order valence-electron chi connectivity index (χ2n) is 4.23. The zero-order valence-corrected chi connectivity index (χ0v) is 11.5. The third kappa shape index (κ3) is 3.08. The van der Waals surface area contributed by atoms with Crippen molar-refractivity contribution in [3.05, 3.63) is 22.2 Å². The maximum Gasteiger partial charge on any atom is 0.173 e. The summed E-state index contributed by atoms with van der Waals surface area (Å²) in [6.45, 7) is 0.768. The van der Waals surface area contributed by atoms with E-state index in [0.717, 1.165) is 41.5 Å². The number of hydrogen-bond acceptors (Lipinski definition) is 4. The molecule has 1 atom stereocenters. The van der Waals surface area contributed by atoms with E-state index in [1.165, 1.54) is 6.21 Å². The molecule has 1 aromatic rings. The number of anilines is 1. The largest absolute Gasteiger partial charge is 0.359 e. The topological polar surface area (TPSA) is 82.0 Å². The first-order chi connectivity index (χ1) is 8.74. The van der Waals surface area contributed by atoms with Gasteiger partial charge in [-0.15, -0.1) is 0 Å². The molecule has 0 bridgehead atoms. The monoisotopic (exact) mass is 314 g/mol. The lowest BCUT2D eigenvalue weighted by molar-refractivity contribution is -0.825. The molecule has 1 saturated heterocycles. The van der Waals surface area contributed by atoms with Crippen molar-refractivity contribution in [3.63, 3.8) is 0 Å². The van der Waals surface area contributed by atoms with Gasteiger partial charge >= 0.3 is 0 Å². The van der Waals surface area contributed by atoms with Crippen molar-refractivity contribution in [2.24, 2.45) is 0 Å². The number of hydrogen-bond donors (Lipinski definition) is 4. The van der Waals surface area contributed by atoms with E-state index in [4.69, 9.17) is 10.1 Å². The van der Waals surface area contributed by atoms with E-state index in [9.17, 15) is 5.21 Å². The third-order valence-corrected chi connectivity index (χ3v) is 3.41. The molecule has 0 aliphatic carbocycles. The van der Waals surface area contributed by atoms with Crippen LogP contribution in [0.4, 0.5) is 11.4 Å². The first kappa shape index (κ1) is 13.5. The Morgan fingerprint density at radius 2 is 2.33 bits per heavy atom. The molecule has 5 nitrogen and oxygen atoms in total. The Morgan fingerprint density at radius 3 is 2.94 bits per heavy atom. The van der Waals surface area contributed by atoms with E-state index >= 15 is 0 Å². The van der Waals surface area contributed by atoms with Crippen molar-refractivity contribution in [2.75, 3.05) is 11.9 Å². The second kappa shape index (κ2) is 6.29. The van der Waals surface area contributed by atoms with E-state index in [-0.39, 0.29) is 6.23 Å². The first-order valence-electron chi connectivity index (χ1n) is 5.94. The maximum atomic E-state index is 9.20. The Kier molecular flexibility index (Phi) is 4.71. The number of nitrogens with two attached hydrogens (primary N) is 1. The van der Waals surface area contributed by atoms with Crippen molar-refractivity contribution in [3.8, 4) is 0 Å². The summed E-state index contributed by atoms with van der Waals surface area (Å²) in [7, 11) is 0. The highest BCUT2D eigenvalue weighted by molar-refractivity contribution is 9.10. The number of nitrogens with one attached hydrogen (secondary N) is 2. The average Bonchev–Trinajstić information content (AvgIpc) is 2.39. The molecule has 1 unspecified atom stereocenters. The highest BCUT2D eigenvalue weighted by Gasteiger charge is 2.17. The molecule has 5 N–H and O–H groups in total. The Bertz CT molecular complexity index is 434. The van der Waals surface area contributed by atoms with Gasteiger partial charge in [0.05, 0.1) is 11.3 Å². The van der Waals surface area contributed by atoms with Crippen LogP contribution in [0.3, 0.4) is 0 Å². The zero-order chi connectivity index (χ0) is 13.0. The molecule has 2 rings (SSSR count). The highest BCUT2D eigenvalue weighted by Crippen LogP contribution is 2.27. The van der Waals surface area contributed by atoms with Crippen molar-refractivity contribution in [1.29, 1.82) is 5.41 Å². The van der Waals surface area contributed by atoms with Gasteiger partial charge in [-0.3, -0.25) is 0 Å². The summed E-state index contributed by atoms with van der Waals surface area (Å²) in [5.74, 6) is 0. The minimum atomic E-state index is -0.0155. The molecular weight excluding hydrogens is 298 g/mol. The molecule has 1 fully saturated rings. The van der Waals surface area contributed by atoms with Crippen LogP contribution in [0.25, 0.3) is 0 Å². The summed E-state index contributed by atoms with van der Waals surface area (Å²) in [5, 5.41) is 19.9. The lowest BCUT2D eigenvalue weighted by Crippen LogP contribution is -2.74. The van der Waals surface area contributed by atoms with E-state index in [1.54, 1.807) is 6.07 Å². The summed E-state index contributed by atoms with van der Waals surface area (Å²) >= 11 is 3.39. The van der Waals surface area contributed by atoms with Gasteiger partial charge in [-0.2, -0.15) is 5.48 Å². The van der Waals surface area contributed by atoms with Gasteiger partial charge in [0.2, 0.25) is 0 Å². The van der Waals surface area contributed by atoms with Crippen LogP contribution in [-0.2, 0) is 4.74 Å². The summed E-state index contributed by atoms with van der Waals surface area (Å²) in [4.78, 5) is 0. The standard InChI is InChI=1S/C12H16BrN3O2/c13-8-5-10(9(7-14)11(6-8)16-17)15-12-3-1-2-4-18-12/h5-7,12,14-17H,1-4H2/p+1. The summed E-state index contributed by atoms with van der Waals surface area (Å²) in [5.41, 5.74) is 3.08. The summed E-state index contributed by atoms with van der Waals surface area (Å²) < 4.78 is 6.47. The molecule has 0 radical (unpaired) electrons. The number of halogens is 1. The summed E-state index contributed by atoms with van der Waals surface area (Å²) in [6, 6.07) is 3.67. The van der Waals surface area contributed by atoms with Crippen LogP contribution in [0.2, 0.25) is 0 Å². The molecule has 0 saturated carbocycles. The van der Waals surface area contributed by atoms with Crippen LogP contribution >= 0.6 is 15.9 Å². The van der Waals surface area contributed by atoms with E-state index in [1.807, 2.05) is 6.07 Å². The van der Waals surface area contributed by atoms with E-state index in [0.29, 0.717) is 11.3 Å². The van der Waals surface area contributed by atoms with Gasteiger partial charge in [0.25, 0.3) is 0 Å². The van der Waals surface area contributed by atoms with Crippen LogP contribution in [-0.4, -0.2) is 24.3 Å². The third-order valence-electron chi connectivity index (χ3n) is 2.96. The van der Waals surface area contributed by atoms with Crippen LogP contribution in [0.5, 0.6) is 0 Å². The van der Waals surface area contributed by atoms with Crippen LogP contribution in [0, 0.1) is 5.41 Å². The summed E-state index contributed by atoms with van der Waals surface area (Å²) in [6.07, 6.45) is 4.43. The molecule has 1 aliphatic heterocycles. The van der Waals surface area contributed by atoms with Crippen LogP contribution in [0.1, 0.15) is 24.8 Å². The second-order valence-corrected chi connectivity index (χ2v) is 5.14. The molecular formula is C12H17BrN3O2+. The van der Waals surface area contributed by atoms with Gasteiger partial charge in [0.1, 0.15) is 6.23 Å². The predicted octanol–water partition coefficient (Wildman–Crippen LogP) is 1.97. The lowest BCUT2D eigenvalue weighted by Gasteiger charge is -2.25. The van der Waals surface area contributed by atoms with E-state index < -0.39 is 0 Å². The van der Waals surface area contributed by atoms with Gasteiger partial charge in [-0.1, -0.05) is 15.9 Å². The molecule has 1 aliphatic rings.